The van der Waals surface area contributed by atoms with Crippen LogP contribution in [0.3, 0.4) is 0 Å². The fourth-order valence-corrected chi connectivity index (χ4v) is 2.32. The molecule has 0 amide bonds. The van der Waals surface area contributed by atoms with Crippen LogP contribution < -0.4 is 10.1 Å². The molecule has 0 saturated carbocycles. The molecule has 3 nitrogen and oxygen atoms in total. The zero-order chi connectivity index (χ0) is 15.1. The van der Waals surface area contributed by atoms with Crippen LogP contribution in [0.4, 0.5) is 5.69 Å². The summed E-state index contributed by atoms with van der Waals surface area (Å²) in [6.07, 6.45) is 0.443. The maximum Gasteiger partial charge on any atom is 0.120 e. The highest BCUT2D eigenvalue weighted by Gasteiger charge is 2.05. The Hall–Kier alpha value is -1.52. The number of hydrogen-bond acceptors (Lipinski definition) is 3. The molecule has 0 spiro atoms. The van der Waals surface area contributed by atoms with Crippen LogP contribution in [-0.4, -0.2) is 24.4 Å². The molecule has 0 aromatic heterocycles. The molecule has 21 heavy (non-hydrogen) atoms. The summed E-state index contributed by atoms with van der Waals surface area (Å²) in [7, 11) is 0. The van der Waals surface area contributed by atoms with Crippen LogP contribution in [0, 0.1) is 0 Å². The first-order chi connectivity index (χ1) is 10.2. The molecule has 2 aromatic rings. The Bertz CT molecular complexity index is 574. The summed E-state index contributed by atoms with van der Waals surface area (Å²) in [5, 5.41) is 13.2. The van der Waals surface area contributed by atoms with E-state index in [0.29, 0.717) is 6.54 Å². The van der Waals surface area contributed by atoms with Crippen molar-refractivity contribution in [3.63, 3.8) is 0 Å². The molecule has 1 atom stereocenters. The summed E-state index contributed by atoms with van der Waals surface area (Å²) in [6, 6.07) is 15.8. The second-order valence-electron chi connectivity index (χ2n) is 4.86. The summed E-state index contributed by atoms with van der Waals surface area (Å²) in [5.74, 6) is 0.747. The summed E-state index contributed by atoms with van der Waals surface area (Å²) in [6.45, 7) is 2.85. The number of halogens is 1. The first kappa shape index (κ1) is 15.9. The molecule has 0 bridgehead atoms. The molecular weight excluding hydrogens is 330 g/mol. The van der Waals surface area contributed by atoms with E-state index in [0.717, 1.165) is 22.3 Å². The van der Waals surface area contributed by atoms with Crippen molar-refractivity contribution in [3.8, 4) is 5.75 Å². The van der Waals surface area contributed by atoms with Crippen molar-refractivity contribution >= 4 is 21.6 Å². The third-order valence-corrected chi connectivity index (χ3v) is 3.61. The highest BCUT2D eigenvalue weighted by molar-refractivity contribution is 9.10. The zero-order valence-corrected chi connectivity index (χ0v) is 13.6. The van der Waals surface area contributed by atoms with E-state index >= 15 is 0 Å². The Morgan fingerprint density at radius 3 is 2.76 bits per heavy atom. The predicted octanol–water partition coefficient (Wildman–Crippen LogP) is 3.86. The highest BCUT2D eigenvalue weighted by atomic mass is 79.9. The van der Waals surface area contributed by atoms with Gasteiger partial charge in [-0.15, -0.1) is 0 Å². The quantitative estimate of drug-likeness (QED) is 0.797. The first-order valence-electron chi connectivity index (χ1n) is 7.06. The second-order valence-corrected chi connectivity index (χ2v) is 5.77. The normalized spacial score (nSPS) is 12.0. The molecule has 4 heteroatoms. The number of aryl methyl sites for hydroxylation is 1. The Kier molecular flexibility index (Phi) is 6.08. The van der Waals surface area contributed by atoms with E-state index in [1.807, 2.05) is 36.4 Å². The number of hydrogen-bond donors (Lipinski definition) is 2. The SMILES string of the molecule is CCc1cccc(NCC(O)COc2cccc(Br)c2)c1. The maximum atomic E-state index is 9.97. The van der Waals surface area contributed by atoms with Gasteiger partial charge in [0.2, 0.25) is 0 Å². The number of anilines is 1. The van der Waals surface area contributed by atoms with Crippen LogP contribution in [0.5, 0.6) is 5.75 Å². The van der Waals surface area contributed by atoms with E-state index in [2.05, 4.69) is 40.3 Å². The summed E-state index contributed by atoms with van der Waals surface area (Å²) >= 11 is 3.39. The number of rotatable bonds is 7. The molecule has 2 rings (SSSR count). The van der Waals surface area contributed by atoms with Gasteiger partial charge < -0.3 is 15.2 Å². The van der Waals surface area contributed by atoms with Crippen LogP contribution in [0.15, 0.2) is 53.0 Å². The van der Waals surface area contributed by atoms with Crippen molar-refractivity contribution in [2.45, 2.75) is 19.4 Å². The van der Waals surface area contributed by atoms with E-state index in [1.165, 1.54) is 5.56 Å². The molecule has 2 N–H and O–H groups in total. The summed E-state index contributed by atoms with van der Waals surface area (Å²) < 4.78 is 6.52. The minimum Gasteiger partial charge on any atom is -0.491 e. The third-order valence-electron chi connectivity index (χ3n) is 3.12. The fourth-order valence-electron chi connectivity index (χ4n) is 1.94. The van der Waals surface area contributed by atoms with Gasteiger partial charge in [0, 0.05) is 16.7 Å². The monoisotopic (exact) mass is 349 g/mol. The van der Waals surface area contributed by atoms with Crippen molar-refractivity contribution in [1.82, 2.24) is 0 Å². The number of aliphatic hydroxyl groups is 1. The second kappa shape index (κ2) is 8.05. The molecule has 112 valence electrons. The third kappa shape index (κ3) is 5.40. The molecular formula is C17H20BrNO2. The highest BCUT2D eigenvalue weighted by Crippen LogP contribution is 2.18. The molecule has 1 unspecified atom stereocenters. The van der Waals surface area contributed by atoms with Crippen LogP contribution >= 0.6 is 15.9 Å². The van der Waals surface area contributed by atoms with Gasteiger partial charge in [-0.2, -0.15) is 0 Å². The van der Waals surface area contributed by atoms with Gasteiger partial charge in [0.1, 0.15) is 18.5 Å². The Balaban J connectivity index is 1.78. The van der Waals surface area contributed by atoms with E-state index in [4.69, 9.17) is 4.74 Å². The van der Waals surface area contributed by atoms with Crippen molar-refractivity contribution < 1.29 is 9.84 Å². The molecule has 0 aliphatic carbocycles. The molecule has 0 aliphatic rings. The summed E-state index contributed by atoms with van der Waals surface area (Å²) in [4.78, 5) is 0. The van der Waals surface area contributed by atoms with Gasteiger partial charge in [0.15, 0.2) is 0 Å². The molecule has 0 aliphatic heterocycles. The van der Waals surface area contributed by atoms with Gasteiger partial charge in [-0.1, -0.05) is 41.1 Å². The van der Waals surface area contributed by atoms with Gasteiger partial charge >= 0.3 is 0 Å². The van der Waals surface area contributed by atoms with E-state index < -0.39 is 6.10 Å². The average Bonchev–Trinajstić information content (AvgIpc) is 2.51. The zero-order valence-electron chi connectivity index (χ0n) is 12.1. The molecule has 0 heterocycles. The van der Waals surface area contributed by atoms with Crippen molar-refractivity contribution in [1.29, 1.82) is 0 Å². The van der Waals surface area contributed by atoms with Crippen LogP contribution in [0.25, 0.3) is 0 Å². The number of ether oxygens (including phenoxy) is 1. The fraction of sp³-hybridized carbons (Fsp3) is 0.294. The molecule has 0 radical (unpaired) electrons. The summed E-state index contributed by atoms with van der Waals surface area (Å²) in [5.41, 5.74) is 2.30. The minimum atomic E-state index is -0.561. The number of benzene rings is 2. The van der Waals surface area contributed by atoms with Gasteiger partial charge in [-0.05, 0) is 42.3 Å². The van der Waals surface area contributed by atoms with E-state index in [-0.39, 0.29) is 6.61 Å². The van der Waals surface area contributed by atoms with Crippen LogP contribution in [0.1, 0.15) is 12.5 Å². The Labute approximate surface area is 134 Å². The maximum absolute atomic E-state index is 9.97. The lowest BCUT2D eigenvalue weighted by Crippen LogP contribution is -2.26. The lowest BCUT2D eigenvalue weighted by molar-refractivity contribution is 0.117. The predicted molar refractivity (Wildman–Crippen MR) is 90.0 cm³/mol. The number of aliphatic hydroxyl groups excluding tert-OH is 1. The molecule has 0 fully saturated rings. The number of nitrogens with one attached hydrogen (secondary N) is 1. The molecule has 0 saturated heterocycles. The van der Waals surface area contributed by atoms with E-state index in [9.17, 15) is 5.11 Å². The minimum absolute atomic E-state index is 0.261. The van der Waals surface area contributed by atoms with Crippen molar-refractivity contribution in [2.24, 2.45) is 0 Å². The smallest absolute Gasteiger partial charge is 0.120 e. The van der Waals surface area contributed by atoms with Gasteiger partial charge in [0.25, 0.3) is 0 Å². The van der Waals surface area contributed by atoms with Crippen LogP contribution in [-0.2, 0) is 6.42 Å². The average molecular weight is 350 g/mol. The van der Waals surface area contributed by atoms with Gasteiger partial charge in [-0.3, -0.25) is 0 Å². The van der Waals surface area contributed by atoms with Gasteiger partial charge in [-0.25, -0.2) is 0 Å². The van der Waals surface area contributed by atoms with E-state index in [1.54, 1.807) is 0 Å². The van der Waals surface area contributed by atoms with Crippen molar-refractivity contribution in [3.05, 3.63) is 58.6 Å². The van der Waals surface area contributed by atoms with Gasteiger partial charge in [0.05, 0.1) is 0 Å². The largest absolute Gasteiger partial charge is 0.491 e. The lowest BCUT2D eigenvalue weighted by Gasteiger charge is -2.14. The topological polar surface area (TPSA) is 41.5 Å². The standard InChI is InChI=1S/C17H20BrNO2/c1-2-13-5-3-7-15(9-13)19-11-16(20)12-21-17-8-4-6-14(18)10-17/h3-10,16,19-20H,2,11-12H2,1H3. The Morgan fingerprint density at radius 2 is 2.00 bits per heavy atom. The first-order valence-corrected chi connectivity index (χ1v) is 7.86. The Morgan fingerprint density at radius 1 is 1.19 bits per heavy atom. The molecule has 2 aromatic carbocycles. The van der Waals surface area contributed by atoms with Crippen molar-refractivity contribution in [2.75, 3.05) is 18.5 Å². The lowest BCUT2D eigenvalue weighted by atomic mass is 10.1. The van der Waals surface area contributed by atoms with Crippen LogP contribution in [0.2, 0.25) is 0 Å².